The Kier molecular flexibility index (Phi) is 3.29. The molecule has 1 unspecified atom stereocenters. The molecule has 0 amide bonds. The van der Waals surface area contributed by atoms with Crippen molar-refractivity contribution >= 4 is 31.9 Å². The van der Waals surface area contributed by atoms with Gasteiger partial charge in [0, 0.05) is 14.5 Å². The number of hydrogen-bond donors (Lipinski definition) is 1. The average molecular weight is 332 g/mol. The summed E-state index contributed by atoms with van der Waals surface area (Å²) in [5.41, 5.74) is 1.57. The Morgan fingerprint density at radius 1 is 1.20 bits per heavy atom. The van der Waals surface area contributed by atoms with E-state index in [0.717, 1.165) is 20.1 Å². The van der Waals surface area contributed by atoms with Gasteiger partial charge >= 0.3 is 0 Å². The van der Waals surface area contributed by atoms with Gasteiger partial charge in [-0.15, -0.1) is 0 Å². The number of benzene rings is 1. The average Bonchev–Trinajstić information content (AvgIpc) is 2.69. The summed E-state index contributed by atoms with van der Waals surface area (Å²) in [4.78, 5) is 0. The van der Waals surface area contributed by atoms with Crippen LogP contribution >= 0.6 is 31.9 Å². The Hall–Kier alpha value is -0.580. The van der Waals surface area contributed by atoms with E-state index in [0.29, 0.717) is 0 Å². The second-order valence-corrected chi connectivity index (χ2v) is 4.90. The summed E-state index contributed by atoms with van der Waals surface area (Å²) in [5, 5.41) is 10.0. The van der Waals surface area contributed by atoms with E-state index in [-0.39, 0.29) is 0 Å². The standard InChI is InChI=1S/C11H8Br2O2/c12-8-1-2-9(10(13)5-8)11(14)7-3-4-15-6-7/h1-6,11,14H. The van der Waals surface area contributed by atoms with Gasteiger partial charge in [-0.25, -0.2) is 0 Å². The van der Waals surface area contributed by atoms with Crippen molar-refractivity contribution in [3.63, 3.8) is 0 Å². The Labute approximate surface area is 104 Å². The topological polar surface area (TPSA) is 33.4 Å². The van der Waals surface area contributed by atoms with E-state index in [2.05, 4.69) is 31.9 Å². The molecule has 0 radical (unpaired) electrons. The van der Waals surface area contributed by atoms with E-state index in [1.54, 1.807) is 18.6 Å². The van der Waals surface area contributed by atoms with Crippen LogP contribution in [0.25, 0.3) is 0 Å². The highest BCUT2D eigenvalue weighted by molar-refractivity contribution is 9.11. The van der Waals surface area contributed by atoms with Gasteiger partial charge in [-0.3, -0.25) is 0 Å². The van der Waals surface area contributed by atoms with E-state index in [9.17, 15) is 5.11 Å². The van der Waals surface area contributed by atoms with E-state index in [1.165, 1.54) is 0 Å². The third kappa shape index (κ3) is 2.33. The van der Waals surface area contributed by atoms with Gasteiger partial charge in [0.2, 0.25) is 0 Å². The fourth-order valence-electron chi connectivity index (χ4n) is 1.33. The van der Waals surface area contributed by atoms with Crippen molar-refractivity contribution in [3.8, 4) is 0 Å². The van der Waals surface area contributed by atoms with Crippen molar-refractivity contribution in [1.29, 1.82) is 0 Å². The number of rotatable bonds is 2. The maximum Gasteiger partial charge on any atom is 0.108 e. The Bertz CT molecular complexity index is 452. The Balaban J connectivity index is 2.38. The van der Waals surface area contributed by atoms with Crippen LogP contribution in [0, 0.1) is 0 Å². The molecule has 0 spiro atoms. The van der Waals surface area contributed by atoms with Gasteiger partial charge < -0.3 is 9.52 Å². The summed E-state index contributed by atoms with van der Waals surface area (Å²) in [7, 11) is 0. The predicted octanol–water partition coefficient (Wildman–Crippen LogP) is 3.89. The Morgan fingerprint density at radius 3 is 2.60 bits per heavy atom. The summed E-state index contributed by atoms with van der Waals surface area (Å²) in [5.74, 6) is 0. The second kappa shape index (κ2) is 4.51. The summed E-state index contributed by atoms with van der Waals surface area (Å²) < 4.78 is 6.77. The molecule has 0 aliphatic rings. The fraction of sp³-hybridized carbons (Fsp3) is 0.0909. The van der Waals surface area contributed by atoms with Gasteiger partial charge in [0.25, 0.3) is 0 Å². The van der Waals surface area contributed by atoms with Gasteiger partial charge in [-0.2, -0.15) is 0 Å². The van der Waals surface area contributed by atoms with Crippen LogP contribution in [-0.2, 0) is 0 Å². The van der Waals surface area contributed by atoms with Crippen LogP contribution in [0.3, 0.4) is 0 Å². The van der Waals surface area contributed by atoms with Gasteiger partial charge in [0.05, 0.1) is 12.5 Å². The molecule has 0 fully saturated rings. The minimum atomic E-state index is -0.661. The molecule has 15 heavy (non-hydrogen) atoms. The minimum absolute atomic E-state index is 0.661. The molecule has 2 aromatic rings. The van der Waals surface area contributed by atoms with E-state index < -0.39 is 6.10 Å². The van der Waals surface area contributed by atoms with E-state index in [1.807, 2.05) is 18.2 Å². The maximum absolute atomic E-state index is 10.0. The van der Waals surface area contributed by atoms with Crippen molar-refractivity contribution in [2.24, 2.45) is 0 Å². The zero-order valence-corrected chi connectivity index (χ0v) is 10.8. The molecule has 1 N–H and O–H groups in total. The minimum Gasteiger partial charge on any atom is -0.472 e. The molecule has 4 heteroatoms. The molecular weight excluding hydrogens is 324 g/mol. The first-order valence-electron chi connectivity index (χ1n) is 4.33. The number of hydrogen-bond acceptors (Lipinski definition) is 2. The monoisotopic (exact) mass is 330 g/mol. The van der Waals surface area contributed by atoms with Crippen LogP contribution in [0.1, 0.15) is 17.2 Å². The van der Waals surface area contributed by atoms with Crippen LogP contribution < -0.4 is 0 Å². The summed E-state index contributed by atoms with van der Waals surface area (Å²) in [6.45, 7) is 0. The molecule has 0 aliphatic heterocycles. The lowest BCUT2D eigenvalue weighted by Crippen LogP contribution is -1.98. The number of aliphatic hydroxyl groups is 1. The van der Waals surface area contributed by atoms with Crippen molar-refractivity contribution in [2.45, 2.75) is 6.10 Å². The normalized spacial score (nSPS) is 12.7. The molecule has 0 aliphatic carbocycles. The fourth-order valence-corrected chi connectivity index (χ4v) is 2.60. The number of furan rings is 1. The lowest BCUT2D eigenvalue weighted by molar-refractivity contribution is 0.218. The highest BCUT2D eigenvalue weighted by Crippen LogP contribution is 2.30. The van der Waals surface area contributed by atoms with E-state index >= 15 is 0 Å². The van der Waals surface area contributed by atoms with E-state index in [4.69, 9.17) is 4.42 Å². The smallest absolute Gasteiger partial charge is 0.108 e. The zero-order valence-electron chi connectivity index (χ0n) is 7.65. The molecule has 2 rings (SSSR count). The van der Waals surface area contributed by atoms with Crippen molar-refractivity contribution in [1.82, 2.24) is 0 Å². The molecule has 2 nitrogen and oxygen atoms in total. The number of aliphatic hydroxyl groups excluding tert-OH is 1. The van der Waals surface area contributed by atoms with Crippen LogP contribution in [0.15, 0.2) is 50.2 Å². The third-order valence-corrected chi connectivity index (χ3v) is 3.30. The van der Waals surface area contributed by atoms with Crippen LogP contribution in [-0.4, -0.2) is 5.11 Å². The van der Waals surface area contributed by atoms with Gasteiger partial charge in [-0.05, 0) is 23.8 Å². The number of halogens is 2. The molecule has 1 atom stereocenters. The predicted molar refractivity (Wildman–Crippen MR) is 64.6 cm³/mol. The van der Waals surface area contributed by atoms with Crippen molar-refractivity contribution in [2.75, 3.05) is 0 Å². The maximum atomic E-state index is 10.0. The second-order valence-electron chi connectivity index (χ2n) is 3.13. The summed E-state index contributed by atoms with van der Waals surface area (Å²) in [6.07, 6.45) is 2.43. The summed E-state index contributed by atoms with van der Waals surface area (Å²) >= 11 is 6.78. The summed E-state index contributed by atoms with van der Waals surface area (Å²) in [6, 6.07) is 7.41. The largest absolute Gasteiger partial charge is 0.472 e. The molecule has 78 valence electrons. The van der Waals surface area contributed by atoms with Crippen LogP contribution in [0.4, 0.5) is 0 Å². The van der Waals surface area contributed by atoms with Crippen LogP contribution in [0.2, 0.25) is 0 Å². The molecule has 1 aromatic carbocycles. The third-order valence-electron chi connectivity index (χ3n) is 2.12. The van der Waals surface area contributed by atoms with Crippen molar-refractivity contribution < 1.29 is 9.52 Å². The molecule has 1 heterocycles. The highest BCUT2D eigenvalue weighted by Gasteiger charge is 2.14. The lowest BCUT2D eigenvalue weighted by atomic mass is 10.0. The van der Waals surface area contributed by atoms with Gasteiger partial charge in [0.15, 0.2) is 0 Å². The first-order valence-corrected chi connectivity index (χ1v) is 5.92. The molecule has 0 saturated heterocycles. The first kappa shape index (κ1) is 10.9. The highest BCUT2D eigenvalue weighted by atomic mass is 79.9. The van der Waals surface area contributed by atoms with Crippen molar-refractivity contribution in [3.05, 3.63) is 56.9 Å². The van der Waals surface area contributed by atoms with Gasteiger partial charge in [0.1, 0.15) is 6.10 Å². The molecule has 1 aromatic heterocycles. The van der Waals surface area contributed by atoms with Crippen LogP contribution in [0.5, 0.6) is 0 Å². The lowest BCUT2D eigenvalue weighted by Gasteiger charge is -2.11. The zero-order chi connectivity index (χ0) is 10.8. The quantitative estimate of drug-likeness (QED) is 0.905. The Morgan fingerprint density at radius 2 is 2.00 bits per heavy atom. The van der Waals surface area contributed by atoms with Gasteiger partial charge in [-0.1, -0.05) is 37.9 Å². The SMILES string of the molecule is OC(c1ccoc1)c1ccc(Br)cc1Br. The first-order chi connectivity index (χ1) is 7.18. The molecule has 0 bridgehead atoms. The molecular formula is C11H8Br2O2. The molecule has 0 saturated carbocycles.